The van der Waals surface area contributed by atoms with E-state index in [9.17, 15) is 9.59 Å². The average Bonchev–Trinajstić information content (AvgIpc) is 2.87. The molecule has 1 aromatic heterocycles. The summed E-state index contributed by atoms with van der Waals surface area (Å²) in [5, 5.41) is 3.08. The van der Waals surface area contributed by atoms with Gasteiger partial charge in [0.25, 0.3) is 5.91 Å². The molecule has 0 saturated heterocycles. The molecule has 0 unspecified atom stereocenters. The summed E-state index contributed by atoms with van der Waals surface area (Å²) in [6.07, 6.45) is 4.98. The molecule has 1 N–H and O–H groups in total. The van der Waals surface area contributed by atoms with Gasteiger partial charge in [-0.05, 0) is 36.7 Å². The molecule has 1 saturated carbocycles. The zero-order valence-corrected chi connectivity index (χ0v) is 16.1. The Balaban J connectivity index is 2.02. The Bertz CT molecular complexity index is 586. The zero-order chi connectivity index (χ0) is 17.7. The zero-order valence-electron chi connectivity index (χ0n) is 13.8. The number of amides is 1. The third-order valence-corrected chi connectivity index (χ3v) is 5.58. The van der Waals surface area contributed by atoms with Gasteiger partial charge in [-0.3, -0.25) is 4.79 Å². The molecular formula is C16H22Cl2N2O3S. The minimum atomic E-state index is -0.851. The summed E-state index contributed by atoms with van der Waals surface area (Å²) >= 11 is 12.7. The average molecular weight is 393 g/mol. The second-order valence-electron chi connectivity index (χ2n) is 6.49. The van der Waals surface area contributed by atoms with Crippen molar-refractivity contribution in [1.29, 1.82) is 0 Å². The second kappa shape index (κ2) is 9.02. The number of rotatable bonds is 6. The van der Waals surface area contributed by atoms with E-state index in [-0.39, 0.29) is 32.9 Å². The molecule has 1 amide bonds. The molecule has 0 aliphatic heterocycles. The lowest BCUT2D eigenvalue weighted by Crippen LogP contribution is -2.44. The van der Waals surface area contributed by atoms with E-state index < -0.39 is 12.1 Å². The molecule has 1 heterocycles. The van der Waals surface area contributed by atoms with Crippen molar-refractivity contribution in [3.8, 4) is 0 Å². The van der Waals surface area contributed by atoms with Crippen LogP contribution in [0.1, 0.15) is 62.9 Å². The van der Waals surface area contributed by atoms with Crippen LogP contribution in [-0.2, 0) is 9.53 Å². The summed E-state index contributed by atoms with van der Waals surface area (Å²) in [5.74, 6) is -0.761. The normalized spacial score (nSPS) is 16.9. The van der Waals surface area contributed by atoms with Crippen LogP contribution in [0.4, 0.5) is 0 Å². The predicted molar refractivity (Wildman–Crippen MR) is 95.8 cm³/mol. The van der Waals surface area contributed by atoms with Crippen molar-refractivity contribution in [2.24, 2.45) is 5.92 Å². The van der Waals surface area contributed by atoms with Gasteiger partial charge in [-0.1, -0.05) is 56.3 Å². The molecule has 0 radical (unpaired) electrons. The number of carbonyl (C=O) groups excluding carboxylic acids is 2. The summed E-state index contributed by atoms with van der Waals surface area (Å²) in [5.41, 5.74) is -0.0362. The molecule has 8 heteroatoms. The van der Waals surface area contributed by atoms with Crippen molar-refractivity contribution in [3.63, 3.8) is 0 Å². The largest absolute Gasteiger partial charge is 0.447 e. The number of carbonyl (C=O) groups is 2. The van der Waals surface area contributed by atoms with Crippen LogP contribution in [0.15, 0.2) is 0 Å². The highest BCUT2D eigenvalue weighted by atomic mass is 35.5. The fourth-order valence-electron chi connectivity index (χ4n) is 2.75. The Morgan fingerprint density at radius 3 is 2.50 bits per heavy atom. The molecule has 5 nitrogen and oxygen atoms in total. The molecule has 1 aliphatic rings. The SMILES string of the molecule is CC(C)C[C@H](OC(=O)c1nsc(Cl)c1Cl)C(=O)NC1CCCCC1. The van der Waals surface area contributed by atoms with E-state index >= 15 is 0 Å². The lowest BCUT2D eigenvalue weighted by molar-refractivity contribution is -0.131. The third kappa shape index (κ3) is 5.33. The molecular weight excluding hydrogens is 371 g/mol. The molecule has 1 aromatic rings. The van der Waals surface area contributed by atoms with Gasteiger partial charge in [-0.25, -0.2) is 4.79 Å². The molecule has 2 rings (SSSR count). The number of hydrogen-bond donors (Lipinski definition) is 1. The van der Waals surface area contributed by atoms with Crippen molar-refractivity contribution in [2.45, 2.75) is 64.5 Å². The number of hydrogen-bond acceptors (Lipinski definition) is 5. The Hall–Kier alpha value is -0.850. The minimum absolute atomic E-state index is 0.0362. The maximum atomic E-state index is 12.5. The van der Waals surface area contributed by atoms with Gasteiger partial charge in [0.05, 0.1) is 0 Å². The third-order valence-electron chi connectivity index (χ3n) is 3.97. The first-order valence-corrected chi connectivity index (χ1v) is 9.73. The van der Waals surface area contributed by atoms with Crippen LogP contribution in [0.2, 0.25) is 9.36 Å². The van der Waals surface area contributed by atoms with E-state index in [1.54, 1.807) is 0 Å². The molecule has 0 bridgehead atoms. The number of aromatic nitrogens is 1. The Morgan fingerprint density at radius 1 is 1.29 bits per heavy atom. The van der Waals surface area contributed by atoms with E-state index in [0.29, 0.717) is 6.42 Å². The van der Waals surface area contributed by atoms with Gasteiger partial charge in [0.15, 0.2) is 11.8 Å². The van der Waals surface area contributed by atoms with Gasteiger partial charge in [-0.2, -0.15) is 4.37 Å². The fourth-order valence-corrected chi connectivity index (χ4v) is 3.73. The van der Waals surface area contributed by atoms with E-state index in [0.717, 1.165) is 37.2 Å². The summed E-state index contributed by atoms with van der Waals surface area (Å²) in [7, 11) is 0. The lowest BCUT2D eigenvalue weighted by Gasteiger charge is -2.26. The maximum absolute atomic E-state index is 12.5. The highest BCUT2D eigenvalue weighted by Gasteiger charge is 2.29. The monoisotopic (exact) mass is 392 g/mol. The highest BCUT2D eigenvalue weighted by Crippen LogP contribution is 2.30. The van der Waals surface area contributed by atoms with Crippen LogP contribution < -0.4 is 5.32 Å². The van der Waals surface area contributed by atoms with Crippen molar-refractivity contribution >= 4 is 46.6 Å². The molecule has 1 aliphatic carbocycles. The molecule has 1 atom stereocenters. The van der Waals surface area contributed by atoms with Gasteiger partial charge >= 0.3 is 5.97 Å². The van der Waals surface area contributed by atoms with Gasteiger partial charge in [-0.15, -0.1) is 0 Å². The van der Waals surface area contributed by atoms with E-state index in [1.807, 2.05) is 13.8 Å². The maximum Gasteiger partial charge on any atom is 0.360 e. The molecule has 0 spiro atoms. The van der Waals surface area contributed by atoms with Gasteiger partial charge in [0.1, 0.15) is 9.36 Å². The first-order valence-electron chi connectivity index (χ1n) is 8.20. The first kappa shape index (κ1) is 19.5. The first-order chi connectivity index (χ1) is 11.4. The van der Waals surface area contributed by atoms with E-state index in [2.05, 4.69) is 9.69 Å². The second-order valence-corrected chi connectivity index (χ2v) is 8.24. The van der Waals surface area contributed by atoms with Crippen LogP contribution in [0.3, 0.4) is 0 Å². The van der Waals surface area contributed by atoms with Crippen molar-refractivity contribution in [2.75, 3.05) is 0 Å². The summed E-state index contributed by atoms with van der Waals surface area (Å²) < 4.78 is 9.52. The van der Waals surface area contributed by atoms with Crippen LogP contribution in [0, 0.1) is 5.92 Å². The number of ether oxygens (including phenoxy) is 1. The molecule has 0 aromatic carbocycles. The molecule has 1 fully saturated rings. The number of halogens is 2. The quantitative estimate of drug-likeness (QED) is 0.724. The van der Waals surface area contributed by atoms with Crippen LogP contribution in [0.5, 0.6) is 0 Å². The lowest BCUT2D eigenvalue weighted by atomic mass is 9.95. The minimum Gasteiger partial charge on any atom is -0.447 e. The summed E-state index contributed by atoms with van der Waals surface area (Å²) in [6.45, 7) is 3.95. The van der Waals surface area contributed by atoms with Crippen LogP contribution >= 0.6 is 34.7 Å². The highest BCUT2D eigenvalue weighted by molar-refractivity contribution is 7.11. The standard InChI is InChI=1S/C16H22Cl2N2O3S/c1-9(2)8-11(15(21)19-10-6-4-3-5-7-10)23-16(22)13-12(17)14(18)24-20-13/h9-11H,3-8H2,1-2H3,(H,19,21)/t11-/m0/s1. The van der Waals surface area contributed by atoms with Crippen molar-refractivity contribution in [1.82, 2.24) is 9.69 Å². The van der Waals surface area contributed by atoms with Crippen LogP contribution in [-0.4, -0.2) is 28.4 Å². The van der Waals surface area contributed by atoms with Crippen LogP contribution in [0.25, 0.3) is 0 Å². The van der Waals surface area contributed by atoms with Crippen molar-refractivity contribution in [3.05, 3.63) is 15.1 Å². The smallest absolute Gasteiger partial charge is 0.360 e. The summed E-state index contributed by atoms with van der Waals surface area (Å²) in [6, 6.07) is 0.164. The number of nitrogens with zero attached hydrogens (tertiary/aromatic N) is 1. The Morgan fingerprint density at radius 2 is 1.96 bits per heavy atom. The Kier molecular flexibility index (Phi) is 7.32. The van der Waals surface area contributed by atoms with Gasteiger partial charge in [0.2, 0.25) is 0 Å². The van der Waals surface area contributed by atoms with Gasteiger partial charge in [0, 0.05) is 6.04 Å². The predicted octanol–water partition coefficient (Wildman–Crippen LogP) is 4.47. The van der Waals surface area contributed by atoms with E-state index in [4.69, 9.17) is 27.9 Å². The Labute approximate surface area is 156 Å². The number of esters is 1. The molecule has 134 valence electrons. The number of nitrogens with one attached hydrogen (secondary N) is 1. The molecule has 24 heavy (non-hydrogen) atoms. The topological polar surface area (TPSA) is 68.3 Å². The van der Waals surface area contributed by atoms with E-state index in [1.165, 1.54) is 6.42 Å². The summed E-state index contributed by atoms with van der Waals surface area (Å²) in [4.78, 5) is 24.8. The van der Waals surface area contributed by atoms with Gasteiger partial charge < -0.3 is 10.1 Å². The van der Waals surface area contributed by atoms with Crippen molar-refractivity contribution < 1.29 is 14.3 Å². The fraction of sp³-hybridized carbons (Fsp3) is 0.688.